The summed E-state index contributed by atoms with van der Waals surface area (Å²) < 4.78 is 1.98. The number of unbranched alkanes of at least 4 members (excludes halogenated alkanes) is 1. The molecule has 0 aliphatic carbocycles. The van der Waals surface area contributed by atoms with Crippen molar-refractivity contribution in [1.29, 1.82) is 5.26 Å². The summed E-state index contributed by atoms with van der Waals surface area (Å²) in [6.07, 6.45) is 1.81. The molecule has 1 aliphatic heterocycles. The highest BCUT2D eigenvalue weighted by molar-refractivity contribution is 5.72. The maximum atomic E-state index is 11.2. The van der Waals surface area contributed by atoms with Crippen molar-refractivity contribution in [3.8, 4) is 17.2 Å². The lowest BCUT2D eigenvalue weighted by atomic mass is 9.59. The molecule has 2 heterocycles. The van der Waals surface area contributed by atoms with Gasteiger partial charge in [0.2, 0.25) is 5.66 Å². The van der Waals surface area contributed by atoms with Crippen LogP contribution in [-0.2, 0) is 24.0 Å². The molecule has 270 valence electrons. The fourth-order valence-electron chi connectivity index (χ4n) is 7.76. The maximum absolute atomic E-state index is 11.2. The summed E-state index contributed by atoms with van der Waals surface area (Å²) in [5.41, 5.74) is 5.00. The van der Waals surface area contributed by atoms with E-state index in [1.807, 2.05) is 55.7 Å². The first-order valence-electron chi connectivity index (χ1n) is 18.6. The monoisotopic (exact) mass is 711 g/mol. The molecule has 0 amide bonds. The van der Waals surface area contributed by atoms with Gasteiger partial charge in [0.1, 0.15) is 29.4 Å². The van der Waals surface area contributed by atoms with E-state index in [0.717, 1.165) is 64.0 Å². The van der Waals surface area contributed by atoms with Crippen LogP contribution in [0.25, 0.3) is 11.1 Å². The standard InChI is InChI=1S/C46H45N7O/c1-5-6-26-41-48-42(43(54)44(2,3)4)40(31-47)53(41)32-33-27-29-34(30-28-33)38-24-16-17-25-39(38)46(49-51-52-50-46)45(35-18-10-7-11-19-35,36-20-12-8-13-21-36)37-22-14-9-15-23-37/h7-25,27-30,43,54H,5-6,26,32H2,1-4H3. The number of benzene rings is 5. The normalized spacial score (nSPS) is 14.2. The number of imidazole rings is 1. The Balaban J connectivity index is 1.37. The third-order valence-electron chi connectivity index (χ3n) is 10.5. The van der Waals surface area contributed by atoms with Crippen molar-refractivity contribution in [2.75, 3.05) is 0 Å². The first-order valence-corrected chi connectivity index (χ1v) is 18.6. The fraction of sp³-hybridized carbons (Fsp3) is 0.261. The Morgan fingerprint density at radius 1 is 0.722 bits per heavy atom. The van der Waals surface area contributed by atoms with Crippen LogP contribution in [0.5, 0.6) is 0 Å². The molecular formula is C46H45N7O. The van der Waals surface area contributed by atoms with Gasteiger partial charge in [0.15, 0.2) is 0 Å². The van der Waals surface area contributed by atoms with Crippen molar-refractivity contribution in [3.05, 3.63) is 185 Å². The van der Waals surface area contributed by atoms with Crippen molar-refractivity contribution >= 4 is 0 Å². The van der Waals surface area contributed by atoms with E-state index >= 15 is 0 Å². The summed E-state index contributed by atoms with van der Waals surface area (Å²) in [5.74, 6) is 0.819. The molecule has 8 heteroatoms. The summed E-state index contributed by atoms with van der Waals surface area (Å²) in [6, 6.07) is 50.2. The Kier molecular flexibility index (Phi) is 10.2. The molecule has 54 heavy (non-hydrogen) atoms. The summed E-state index contributed by atoms with van der Waals surface area (Å²) >= 11 is 0. The molecule has 0 fully saturated rings. The number of rotatable bonds is 12. The van der Waals surface area contributed by atoms with E-state index in [2.05, 4.69) is 133 Å². The SMILES string of the molecule is CCCCc1nc(C(O)C(C)(C)C)c(C#N)n1Cc1ccc(-c2ccccc2C2(C(c3ccccc3)(c3ccccc3)c3ccccc3)N=NN=N2)cc1. The number of aliphatic hydroxyl groups excluding tert-OH is 1. The minimum Gasteiger partial charge on any atom is -0.386 e. The van der Waals surface area contributed by atoms with Crippen molar-refractivity contribution < 1.29 is 5.11 Å². The Morgan fingerprint density at radius 3 is 1.74 bits per heavy atom. The molecule has 1 N–H and O–H groups in total. The number of nitrogens with zero attached hydrogens (tertiary/aromatic N) is 7. The fourth-order valence-corrected chi connectivity index (χ4v) is 7.76. The van der Waals surface area contributed by atoms with Crippen LogP contribution in [-0.4, -0.2) is 14.7 Å². The van der Waals surface area contributed by atoms with Crippen molar-refractivity contribution in [1.82, 2.24) is 9.55 Å². The lowest BCUT2D eigenvalue weighted by Gasteiger charge is -2.45. The highest BCUT2D eigenvalue weighted by Gasteiger charge is 2.60. The molecule has 1 atom stereocenters. The van der Waals surface area contributed by atoms with Crippen LogP contribution in [0.15, 0.2) is 160 Å². The third-order valence-corrected chi connectivity index (χ3v) is 10.5. The second-order valence-electron chi connectivity index (χ2n) is 15.0. The zero-order valence-corrected chi connectivity index (χ0v) is 31.3. The van der Waals surface area contributed by atoms with Crippen LogP contribution in [0.2, 0.25) is 0 Å². The first kappa shape index (κ1) is 36.3. The molecule has 7 rings (SSSR count). The lowest BCUT2D eigenvalue weighted by Crippen LogP contribution is -2.48. The molecule has 0 bridgehead atoms. The smallest absolute Gasteiger partial charge is 0.238 e. The largest absolute Gasteiger partial charge is 0.386 e. The molecule has 0 saturated carbocycles. The topological polar surface area (TPSA) is 111 Å². The first-order chi connectivity index (χ1) is 26.2. The summed E-state index contributed by atoms with van der Waals surface area (Å²) in [5, 5.41) is 40.1. The third kappa shape index (κ3) is 6.35. The van der Waals surface area contributed by atoms with Crippen LogP contribution in [0.4, 0.5) is 0 Å². The van der Waals surface area contributed by atoms with Gasteiger partial charge in [-0.1, -0.05) is 174 Å². The Labute approximate surface area is 317 Å². The molecule has 8 nitrogen and oxygen atoms in total. The molecule has 5 aromatic carbocycles. The van der Waals surface area contributed by atoms with Gasteiger partial charge < -0.3 is 9.67 Å². The van der Waals surface area contributed by atoms with E-state index < -0.39 is 22.6 Å². The van der Waals surface area contributed by atoms with Crippen LogP contribution in [0.1, 0.15) is 91.7 Å². The lowest BCUT2D eigenvalue weighted by molar-refractivity contribution is 0.0588. The predicted molar refractivity (Wildman–Crippen MR) is 212 cm³/mol. The second kappa shape index (κ2) is 15.1. The molecule has 0 saturated heterocycles. The van der Waals surface area contributed by atoms with Crippen LogP contribution >= 0.6 is 0 Å². The van der Waals surface area contributed by atoms with Gasteiger partial charge in [-0.15, -0.1) is 10.2 Å². The Bertz CT molecular complexity index is 2190. The molecule has 1 aliphatic rings. The van der Waals surface area contributed by atoms with E-state index in [4.69, 9.17) is 15.2 Å². The highest BCUT2D eigenvalue weighted by atomic mass is 16.3. The molecule has 6 aromatic rings. The Hall–Kier alpha value is -6.04. The van der Waals surface area contributed by atoms with Gasteiger partial charge in [0.25, 0.3) is 0 Å². The maximum Gasteiger partial charge on any atom is 0.238 e. The van der Waals surface area contributed by atoms with Crippen LogP contribution in [0.3, 0.4) is 0 Å². The quantitative estimate of drug-likeness (QED) is 0.128. The number of aromatic nitrogens is 2. The molecule has 1 aromatic heterocycles. The van der Waals surface area contributed by atoms with Crippen LogP contribution < -0.4 is 0 Å². The molecule has 1 unspecified atom stereocenters. The van der Waals surface area contributed by atoms with E-state index in [9.17, 15) is 10.4 Å². The van der Waals surface area contributed by atoms with Gasteiger partial charge in [-0.2, -0.15) is 5.26 Å². The minimum absolute atomic E-state index is 0.413. The number of hydrogen-bond acceptors (Lipinski definition) is 7. The van der Waals surface area contributed by atoms with Crippen molar-refractivity contribution in [3.63, 3.8) is 0 Å². The predicted octanol–water partition coefficient (Wildman–Crippen LogP) is 10.9. The minimum atomic E-state index is -1.30. The van der Waals surface area contributed by atoms with Crippen molar-refractivity contribution in [2.45, 2.75) is 70.7 Å². The van der Waals surface area contributed by atoms with E-state index in [1.165, 1.54) is 0 Å². The highest BCUT2D eigenvalue weighted by Crippen LogP contribution is 2.58. The van der Waals surface area contributed by atoms with Gasteiger partial charge in [0, 0.05) is 18.5 Å². The number of hydrogen-bond donors (Lipinski definition) is 1. The number of aryl methyl sites for hydroxylation is 1. The van der Waals surface area contributed by atoms with Gasteiger partial charge in [-0.3, -0.25) is 0 Å². The zero-order valence-electron chi connectivity index (χ0n) is 31.3. The Morgan fingerprint density at radius 2 is 1.24 bits per heavy atom. The van der Waals surface area contributed by atoms with Gasteiger partial charge >= 0.3 is 0 Å². The average Bonchev–Trinajstić information content (AvgIpc) is 3.84. The van der Waals surface area contributed by atoms with Crippen molar-refractivity contribution in [2.24, 2.45) is 26.1 Å². The number of aliphatic hydroxyl groups is 1. The van der Waals surface area contributed by atoms with Gasteiger partial charge in [0.05, 0.1) is 5.41 Å². The summed E-state index contributed by atoms with van der Waals surface area (Å²) in [6.45, 7) is 8.48. The zero-order chi connectivity index (χ0) is 37.8. The van der Waals surface area contributed by atoms with Gasteiger partial charge in [-0.25, -0.2) is 4.98 Å². The van der Waals surface area contributed by atoms with E-state index in [0.29, 0.717) is 17.9 Å². The average molecular weight is 712 g/mol. The molecule has 0 spiro atoms. The van der Waals surface area contributed by atoms with Gasteiger partial charge in [-0.05, 0) is 55.7 Å². The summed E-state index contributed by atoms with van der Waals surface area (Å²) in [7, 11) is 0. The molecule has 0 radical (unpaired) electrons. The van der Waals surface area contributed by atoms with E-state index in [1.54, 1.807) is 0 Å². The number of nitriles is 1. The second-order valence-corrected chi connectivity index (χ2v) is 15.0. The summed E-state index contributed by atoms with van der Waals surface area (Å²) in [4.78, 5) is 4.86. The van der Waals surface area contributed by atoms with E-state index in [-0.39, 0.29) is 0 Å². The molecular weight excluding hydrogens is 667 g/mol. The van der Waals surface area contributed by atoms with Crippen LogP contribution in [0, 0.1) is 16.7 Å².